The number of hydrogen-bond acceptors (Lipinski definition) is 3. The Kier molecular flexibility index (Phi) is 5.59. The van der Waals surface area contributed by atoms with Crippen LogP contribution in [0.25, 0.3) is 0 Å². The third-order valence-corrected chi connectivity index (χ3v) is 6.52. The van der Waals surface area contributed by atoms with Crippen molar-refractivity contribution in [2.75, 3.05) is 17.1 Å². The number of para-hydroxylation sites is 1. The van der Waals surface area contributed by atoms with Gasteiger partial charge < -0.3 is 4.90 Å². The third kappa shape index (κ3) is 4.24. The van der Waals surface area contributed by atoms with E-state index in [9.17, 15) is 13.2 Å². The lowest BCUT2D eigenvalue weighted by Gasteiger charge is -2.31. The number of hydrogen-bond donors (Lipinski definition) is 0. The molecule has 154 valence electrons. The smallest absolute Gasteiger partial charge is 0.256 e. The Bertz CT molecular complexity index is 1160. The number of fused-ring (bicyclic) bond motifs is 1. The molecular weight excluding hydrogens is 396 g/mol. The molecule has 0 saturated carbocycles. The largest absolute Gasteiger partial charge is 0.334 e. The molecule has 1 amide bonds. The van der Waals surface area contributed by atoms with Crippen molar-refractivity contribution in [1.29, 1.82) is 0 Å². The molecule has 0 atom stereocenters. The van der Waals surface area contributed by atoms with Crippen LogP contribution in [0.5, 0.6) is 0 Å². The van der Waals surface area contributed by atoms with E-state index in [1.165, 1.54) is 16.1 Å². The molecule has 0 bridgehead atoms. The molecule has 3 aromatic rings. The van der Waals surface area contributed by atoms with Crippen molar-refractivity contribution in [3.63, 3.8) is 0 Å². The van der Waals surface area contributed by atoms with Crippen LogP contribution in [0, 0.1) is 0 Å². The Hall–Kier alpha value is -3.12. The maximum atomic E-state index is 13.4. The van der Waals surface area contributed by atoms with E-state index in [0.29, 0.717) is 24.3 Å². The Labute approximate surface area is 177 Å². The zero-order valence-corrected chi connectivity index (χ0v) is 17.7. The minimum absolute atomic E-state index is 0.151. The van der Waals surface area contributed by atoms with Gasteiger partial charge in [-0.1, -0.05) is 66.7 Å². The van der Waals surface area contributed by atoms with E-state index in [2.05, 4.69) is 6.07 Å². The lowest BCUT2D eigenvalue weighted by molar-refractivity contribution is 0.0735. The summed E-state index contributed by atoms with van der Waals surface area (Å²) in [5.41, 5.74) is 4.07. The van der Waals surface area contributed by atoms with Crippen LogP contribution in [0.15, 0.2) is 78.9 Å². The average molecular weight is 421 g/mol. The van der Waals surface area contributed by atoms with Crippen LogP contribution in [-0.2, 0) is 29.5 Å². The maximum Gasteiger partial charge on any atom is 0.256 e. The van der Waals surface area contributed by atoms with E-state index in [0.717, 1.165) is 17.5 Å². The van der Waals surface area contributed by atoms with Gasteiger partial charge in [0.15, 0.2) is 0 Å². The lowest BCUT2D eigenvalue weighted by Crippen LogP contribution is -2.37. The van der Waals surface area contributed by atoms with Gasteiger partial charge in [0.2, 0.25) is 10.0 Å². The van der Waals surface area contributed by atoms with Crippen LogP contribution in [0.3, 0.4) is 0 Å². The van der Waals surface area contributed by atoms with Gasteiger partial charge in [0, 0.05) is 13.1 Å². The molecule has 0 aromatic heterocycles. The summed E-state index contributed by atoms with van der Waals surface area (Å²) in [6.45, 7) is 1.31. The molecule has 0 fully saturated rings. The first kappa shape index (κ1) is 20.2. The van der Waals surface area contributed by atoms with Gasteiger partial charge in [-0.15, -0.1) is 0 Å². The molecule has 6 heteroatoms. The molecule has 0 N–H and O–H groups in total. The summed E-state index contributed by atoms with van der Waals surface area (Å²) in [5.74, 6) is -0.151. The summed E-state index contributed by atoms with van der Waals surface area (Å²) in [6, 6.07) is 24.5. The first-order valence-electron chi connectivity index (χ1n) is 9.90. The molecule has 0 saturated heterocycles. The molecule has 5 nitrogen and oxygen atoms in total. The Balaban J connectivity index is 1.68. The molecule has 0 unspecified atom stereocenters. The Morgan fingerprint density at radius 1 is 0.900 bits per heavy atom. The second-order valence-electron chi connectivity index (χ2n) is 7.52. The van der Waals surface area contributed by atoms with Crippen LogP contribution < -0.4 is 4.31 Å². The van der Waals surface area contributed by atoms with Crippen molar-refractivity contribution in [2.45, 2.75) is 19.5 Å². The lowest BCUT2D eigenvalue weighted by atomic mass is 9.99. The first-order chi connectivity index (χ1) is 14.4. The quantitative estimate of drug-likeness (QED) is 0.630. The highest BCUT2D eigenvalue weighted by Gasteiger charge is 2.27. The van der Waals surface area contributed by atoms with Gasteiger partial charge in [0.25, 0.3) is 5.91 Å². The fourth-order valence-electron chi connectivity index (χ4n) is 3.84. The summed E-state index contributed by atoms with van der Waals surface area (Å²) >= 11 is 0. The molecular formula is C24H24N2O3S. The molecule has 0 aliphatic carbocycles. The van der Waals surface area contributed by atoms with Gasteiger partial charge >= 0.3 is 0 Å². The number of amides is 1. The average Bonchev–Trinajstić information content (AvgIpc) is 2.76. The van der Waals surface area contributed by atoms with E-state index in [4.69, 9.17) is 0 Å². The van der Waals surface area contributed by atoms with Gasteiger partial charge in [0.05, 0.1) is 24.1 Å². The van der Waals surface area contributed by atoms with Crippen LogP contribution in [0.4, 0.5) is 5.69 Å². The molecule has 1 heterocycles. The maximum absolute atomic E-state index is 13.4. The summed E-state index contributed by atoms with van der Waals surface area (Å²) in [4.78, 5) is 15.2. The normalized spacial score (nSPS) is 13.6. The molecule has 3 aromatic carbocycles. The SMILES string of the molecule is CS(=O)(=O)N(Cc1ccccc1)c1ccccc1C(=O)N1CCc2ccccc2C1. The topological polar surface area (TPSA) is 57.7 Å². The fourth-order valence-corrected chi connectivity index (χ4v) is 4.74. The number of carbonyl (C=O) groups excluding carboxylic acids is 1. The highest BCUT2D eigenvalue weighted by atomic mass is 32.2. The summed E-state index contributed by atoms with van der Waals surface area (Å²) < 4.78 is 26.6. The van der Waals surface area contributed by atoms with Crippen LogP contribution in [0.1, 0.15) is 27.0 Å². The predicted octanol–water partition coefficient (Wildman–Crippen LogP) is 3.85. The van der Waals surface area contributed by atoms with Gasteiger partial charge in [0.1, 0.15) is 0 Å². The summed E-state index contributed by atoms with van der Waals surface area (Å²) in [7, 11) is -3.59. The summed E-state index contributed by atoms with van der Waals surface area (Å²) in [5, 5.41) is 0. The predicted molar refractivity (Wildman–Crippen MR) is 119 cm³/mol. The standard InChI is InChI=1S/C24H24N2O3S/c1-30(28,29)26(17-19-9-3-2-4-10-19)23-14-8-7-13-22(23)24(27)25-16-15-20-11-5-6-12-21(20)18-25/h2-14H,15-18H2,1H3. The minimum Gasteiger partial charge on any atom is -0.334 e. The molecule has 0 radical (unpaired) electrons. The number of rotatable bonds is 5. The number of carbonyl (C=O) groups is 1. The zero-order valence-electron chi connectivity index (χ0n) is 16.9. The van der Waals surface area contributed by atoms with Crippen LogP contribution in [-0.4, -0.2) is 32.0 Å². The summed E-state index contributed by atoms with van der Waals surface area (Å²) in [6.07, 6.45) is 1.97. The van der Waals surface area contributed by atoms with E-state index in [1.807, 2.05) is 48.5 Å². The van der Waals surface area contributed by atoms with E-state index >= 15 is 0 Å². The Morgan fingerprint density at radius 3 is 2.27 bits per heavy atom. The van der Waals surface area contributed by atoms with Crippen molar-refractivity contribution in [1.82, 2.24) is 4.90 Å². The van der Waals surface area contributed by atoms with E-state index in [1.54, 1.807) is 29.2 Å². The van der Waals surface area contributed by atoms with Crippen molar-refractivity contribution >= 4 is 21.6 Å². The van der Waals surface area contributed by atoms with Gasteiger partial charge in [-0.05, 0) is 35.2 Å². The molecule has 0 spiro atoms. The van der Waals surface area contributed by atoms with Gasteiger partial charge in [-0.2, -0.15) is 0 Å². The second kappa shape index (κ2) is 8.32. The molecule has 1 aliphatic heterocycles. The fraction of sp³-hybridized carbons (Fsp3) is 0.208. The van der Waals surface area contributed by atoms with Crippen LogP contribution in [0.2, 0.25) is 0 Å². The van der Waals surface area contributed by atoms with Crippen molar-refractivity contribution in [3.05, 3.63) is 101 Å². The Morgan fingerprint density at radius 2 is 1.53 bits per heavy atom. The van der Waals surface area contributed by atoms with Gasteiger partial charge in [-0.3, -0.25) is 9.10 Å². The number of sulfonamides is 1. The second-order valence-corrected chi connectivity index (χ2v) is 9.42. The molecule has 30 heavy (non-hydrogen) atoms. The van der Waals surface area contributed by atoms with Crippen molar-refractivity contribution < 1.29 is 13.2 Å². The molecule has 1 aliphatic rings. The van der Waals surface area contributed by atoms with Crippen molar-refractivity contribution in [3.8, 4) is 0 Å². The first-order valence-corrected chi connectivity index (χ1v) is 11.7. The van der Waals surface area contributed by atoms with Crippen molar-refractivity contribution in [2.24, 2.45) is 0 Å². The third-order valence-electron chi connectivity index (χ3n) is 5.39. The number of benzene rings is 3. The highest BCUT2D eigenvalue weighted by molar-refractivity contribution is 7.92. The van der Waals surface area contributed by atoms with E-state index in [-0.39, 0.29) is 12.5 Å². The molecule has 4 rings (SSSR count). The van der Waals surface area contributed by atoms with Crippen LogP contribution >= 0.6 is 0 Å². The zero-order chi connectivity index (χ0) is 21.1. The van der Waals surface area contributed by atoms with Gasteiger partial charge in [-0.25, -0.2) is 8.42 Å². The van der Waals surface area contributed by atoms with E-state index < -0.39 is 10.0 Å². The highest BCUT2D eigenvalue weighted by Crippen LogP contribution is 2.28. The minimum atomic E-state index is -3.59. The number of anilines is 1. The number of nitrogens with zero attached hydrogens (tertiary/aromatic N) is 2. The monoisotopic (exact) mass is 420 g/mol.